The number of hydrogen-bond donors (Lipinski definition) is 1. The van der Waals surface area contributed by atoms with E-state index in [1.165, 1.54) is 17.6 Å². The van der Waals surface area contributed by atoms with Gasteiger partial charge in [-0.3, -0.25) is 4.79 Å². The fraction of sp³-hybridized carbons (Fsp3) is 0.0952. The van der Waals surface area contributed by atoms with Crippen LogP contribution in [-0.4, -0.2) is 24.9 Å². The molecule has 0 spiro atoms. The van der Waals surface area contributed by atoms with Crippen molar-refractivity contribution in [2.75, 3.05) is 6.79 Å². The van der Waals surface area contributed by atoms with Crippen molar-refractivity contribution in [3.05, 3.63) is 76.0 Å². The second-order valence-electron chi connectivity index (χ2n) is 6.08. The molecule has 0 bridgehead atoms. The lowest BCUT2D eigenvalue weighted by atomic mass is 10.2. The highest BCUT2D eigenvalue weighted by atomic mass is 32.1. The molecule has 0 unspecified atom stereocenters. The van der Waals surface area contributed by atoms with Gasteiger partial charge in [-0.1, -0.05) is 18.2 Å². The molecular formula is C21H16N2O5S. The van der Waals surface area contributed by atoms with Crippen molar-refractivity contribution in [1.29, 1.82) is 0 Å². The first-order valence-electron chi connectivity index (χ1n) is 8.73. The van der Waals surface area contributed by atoms with Crippen LogP contribution in [0.4, 0.5) is 0 Å². The lowest BCUT2D eigenvalue weighted by Crippen LogP contribution is -2.19. The van der Waals surface area contributed by atoms with Gasteiger partial charge in [0.2, 0.25) is 12.7 Å². The lowest BCUT2D eigenvalue weighted by molar-refractivity contribution is -0.120. The highest BCUT2D eigenvalue weighted by Crippen LogP contribution is 2.32. The molecule has 2 heterocycles. The molecule has 4 rings (SSSR count). The minimum atomic E-state index is -0.512. The summed E-state index contributed by atoms with van der Waals surface area (Å²) in [7, 11) is 0. The van der Waals surface area contributed by atoms with E-state index in [2.05, 4.69) is 10.5 Å². The van der Waals surface area contributed by atoms with Crippen molar-refractivity contribution in [3.63, 3.8) is 0 Å². The Morgan fingerprint density at radius 3 is 2.86 bits per heavy atom. The van der Waals surface area contributed by atoms with Crippen LogP contribution in [0.25, 0.3) is 0 Å². The molecule has 2 aromatic carbocycles. The molecule has 1 N–H and O–H groups in total. The zero-order valence-electron chi connectivity index (χ0n) is 15.2. The van der Waals surface area contributed by atoms with Crippen LogP contribution in [0.1, 0.15) is 20.8 Å². The van der Waals surface area contributed by atoms with Gasteiger partial charge in [0.15, 0.2) is 11.5 Å². The Balaban J connectivity index is 1.35. The first kappa shape index (κ1) is 18.7. The topological polar surface area (TPSA) is 86.2 Å². The Morgan fingerprint density at radius 1 is 1.10 bits per heavy atom. The van der Waals surface area contributed by atoms with Gasteiger partial charge in [-0.05, 0) is 47.3 Å². The van der Waals surface area contributed by atoms with E-state index < -0.39 is 5.97 Å². The molecule has 0 atom stereocenters. The van der Waals surface area contributed by atoms with Crippen LogP contribution < -0.4 is 19.6 Å². The molecule has 1 amide bonds. The van der Waals surface area contributed by atoms with Gasteiger partial charge < -0.3 is 14.2 Å². The third-order valence-corrected chi connectivity index (χ3v) is 4.87. The third-order valence-electron chi connectivity index (χ3n) is 3.99. The molecule has 1 aromatic heterocycles. The fourth-order valence-electron chi connectivity index (χ4n) is 2.64. The highest BCUT2D eigenvalue weighted by molar-refractivity contribution is 7.10. The fourth-order valence-corrected chi connectivity index (χ4v) is 3.34. The van der Waals surface area contributed by atoms with Crippen molar-refractivity contribution in [2.24, 2.45) is 5.10 Å². The normalized spacial score (nSPS) is 12.1. The second-order valence-corrected chi connectivity index (χ2v) is 7.11. The van der Waals surface area contributed by atoms with Gasteiger partial charge >= 0.3 is 5.97 Å². The summed E-state index contributed by atoms with van der Waals surface area (Å²) < 4.78 is 15.9. The summed E-state index contributed by atoms with van der Waals surface area (Å²) in [6, 6.07) is 15.5. The molecule has 3 aromatic rings. The Morgan fingerprint density at radius 2 is 2.00 bits per heavy atom. The van der Waals surface area contributed by atoms with Crippen LogP contribution in [0.2, 0.25) is 0 Å². The predicted octanol–water partition coefficient (Wildman–Crippen LogP) is 3.39. The Bertz CT molecular complexity index is 1060. The molecular weight excluding hydrogens is 392 g/mol. The number of carbonyl (C=O) groups is 2. The summed E-state index contributed by atoms with van der Waals surface area (Å²) in [6.45, 7) is 0.138. The number of esters is 1. The summed E-state index contributed by atoms with van der Waals surface area (Å²) in [4.78, 5) is 25.2. The van der Waals surface area contributed by atoms with E-state index in [0.717, 1.165) is 4.88 Å². The molecule has 0 radical (unpaired) electrons. The first-order chi connectivity index (χ1) is 14.2. The van der Waals surface area contributed by atoms with Crippen molar-refractivity contribution in [1.82, 2.24) is 5.43 Å². The maximum atomic E-state index is 12.4. The molecule has 7 nitrogen and oxygen atoms in total. The summed E-state index contributed by atoms with van der Waals surface area (Å²) in [5, 5.41) is 5.87. The number of amides is 1. The predicted molar refractivity (Wildman–Crippen MR) is 108 cm³/mol. The number of nitrogens with one attached hydrogen (secondary N) is 1. The highest BCUT2D eigenvalue weighted by Gasteiger charge is 2.17. The average molecular weight is 408 g/mol. The van der Waals surface area contributed by atoms with Crippen LogP contribution in [0, 0.1) is 0 Å². The van der Waals surface area contributed by atoms with Gasteiger partial charge in [-0.25, -0.2) is 10.2 Å². The maximum Gasteiger partial charge on any atom is 0.343 e. The van der Waals surface area contributed by atoms with Gasteiger partial charge in [0.25, 0.3) is 0 Å². The van der Waals surface area contributed by atoms with Crippen molar-refractivity contribution in [2.45, 2.75) is 6.42 Å². The van der Waals surface area contributed by atoms with Crippen molar-refractivity contribution in [3.8, 4) is 17.2 Å². The van der Waals surface area contributed by atoms with Crippen LogP contribution in [0.15, 0.2) is 65.1 Å². The minimum absolute atomic E-state index is 0.138. The van der Waals surface area contributed by atoms with Crippen molar-refractivity contribution < 1.29 is 23.8 Å². The van der Waals surface area contributed by atoms with Crippen LogP contribution in [-0.2, 0) is 11.2 Å². The third kappa shape index (κ3) is 4.80. The van der Waals surface area contributed by atoms with Gasteiger partial charge in [-0.15, -0.1) is 11.3 Å². The van der Waals surface area contributed by atoms with Crippen LogP contribution in [0.5, 0.6) is 17.2 Å². The quantitative estimate of drug-likeness (QED) is 0.292. The van der Waals surface area contributed by atoms with E-state index in [1.54, 1.807) is 42.5 Å². The van der Waals surface area contributed by atoms with Crippen molar-refractivity contribution >= 4 is 29.4 Å². The molecule has 0 saturated carbocycles. The van der Waals surface area contributed by atoms with E-state index in [9.17, 15) is 9.59 Å². The lowest BCUT2D eigenvalue weighted by Gasteiger charge is -2.06. The number of nitrogens with zero attached hydrogens (tertiary/aromatic N) is 1. The van der Waals surface area contributed by atoms with E-state index in [4.69, 9.17) is 14.2 Å². The van der Waals surface area contributed by atoms with Gasteiger partial charge in [-0.2, -0.15) is 5.10 Å². The minimum Gasteiger partial charge on any atom is -0.454 e. The first-order valence-corrected chi connectivity index (χ1v) is 9.61. The zero-order valence-corrected chi connectivity index (χ0v) is 16.0. The SMILES string of the molecule is O=C(Cc1cccs1)N/N=C\c1cccc(OC(=O)c2ccc3c(c2)OCO3)c1. The number of carbonyl (C=O) groups excluding carboxylic acids is 2. The summed E-state index contributed by atoms with van der Waals surface area (Å²) in [5.41, 5.74) is 3.52. The molecule has 0 saturated heterocycles. The van der Waals surface area contributed by atoms with E-state index >= 15 is 0 Å². The summed E-state index contributed by atoms with van der Waals surface area (Å²) in [5.74, 6) is 0.761. The monoisotopic (exact) mass is 408 g/mol. The molecule has 29 heavy (non-hydrogen) atoms. The van der Waals surface area contributed by atoms with Gasteiger partial charge in [0.05, 0.1) is 18.2 Å². The van der Waals surface area contributed by atoms with Gasteiger partial charge in [0.1, 0.15) is 5.75 Å². The molecule has 146 valence electrons. The largest absolute Gasteiger partial charge is 0.454 e. The number of hydrazone groups is 1. The number of ether oxygens (including phenoxy) is 3. The summed E-state index contributed by atoms with van der Waals surface area (Å²) in [6.07, 6.45) is 1.77. The van der Waals surface area contributed by atoms with E-state index in [0.29, 0.717) is 28.4 Å². The van der Waals surface area contributed by atoms with Crippen LogP contribution >= 0.6 is 11.3 Å². The number of rotatable bonds is 6. The van der Waals surface area contributed by atoms with Crippen LogP contribution in [0.3, 0.4) is 0 Å². The Hall–Kier alpha value is -3.65. The summed E-state index contributed by atoms with van der Waals surface area (Å²) >= 11 is 1.52. The second kappa shape index (κ2) is 8.57. The molecule has 1 aliphatic heterocycles. The number of benzene rings is 2. The molecule has 0 aliphatic carbocycles. The average Bonchev–Trinajstić information content (AvgIpc) is 3.39. The Kier molecular flexibility index (Phi) is 5.53. The van der Waals surface area contributed by atoms with Gasteiger partial charge in [0, 0.05) is 4.88 Å². The number of hydrogen-bond acceptors (Lipinski definition) is 7. The Labute approximate surface area is 170 Å². The molecule has 8 heteroatoms. The smallest absolute Gasteiger partial charge is 0.343 e. The number of fused-ring (bicyclic) bond motifs is 1. The zero-order chi connectivity index (χ0) is 20.1. The van der Waals surface area contributed by atoms with E-state index in [1.807, 2.05) is 17.5 Å². The molecule has 0 fully saturated rings. The number of thiophene rings is 1. The standard InChI is InChI=1S/C21H16N2O5S/c24-20(11-17-5-2-8-29-17)23-22-12-14-3-1-4-16(9-14)28-21(25)15-6-7-18-19(10-15)27-13-26-18/h1-10,12H,11,13H2,(H,23,24)/b22-12-. The van der Waals surface area contributed by atoms with E-state index in [-0.39, 0.29) is 19.1 Å². The molecule has 1 aliphatic rings. The maximum absolute atomic E-state index is 12.4.